The molecule has 0 fully saturated rings. The van der Waals surface area contributed by atoms with Crippen LogP contribution in [-0.2, 0) is 0 Å². The Morgan fingerprint density at radius 1 is 1.47 bits per heavy atom. The normalized spacial score (nSPS) is 14.3. The van der Waals surface area contributed by atoms with Gasteiger partial charge in [0.25, 0.3) is 0 Å². The van der Waals surface area contributed by atoms with Gasteiger partial charge in [-0.15, -0.1) is 6.58 Å². The lowest BCUT2D eigenvalue weighted by molar-refractivity contribution is 0.946. The standard InChI is InChI=1S/C12H12ClN5S/c1-2-7-18(12-14-5-6-15-12)11-8(13)3-4-9-10(11)17-19-16-9/h2-4H,1,5-7H2,(H,14,15). The summed E-state index contributed by atoms with van der Waals surface area (Å²) >= 11 is 7.53. The van der Waals surface area contributed by atoms with E-state index in [1.807, 2.05) is 23.1 Å². The maximum atomic E-state index is 6.35. The molecule has 5 nitrogen and oxygen atoms in total. The molecule has 1 aromatic carbocycles. The van der Waals surface area contributed by atoms with E-state index in [0.29, 0.717) is 11.6 Å². The molecule has 0 aliphatic carbocycles. The van der Waals surface area contributed by atoms with Crippen molar-refractivity contribution in [3.8, 4) is 0 Å². The third-order valence-corrected chi connectivity index (χ3v) is 3.69. The summed E-state index contributed by atoms with van der Waals surface area (Å²) in [4.78, 5) is 6.44. The second kappa shape index (κ2) is 5.14. The van der Waals surface area contributed by atoms with Crippen LogP contribution in [-0.4, -0.2) is 34.3 Å². The van der Waals surface area contributed by atoms with Crippen molar-refractivity contribution in [1.29, 1.82) is 0 Å². The molecule has 2 heterocycles. The molecule has 0 bridgehead atoms. The minimum atomic E-state index is 0.613. The third-order valence-electron chi connectivity index (χ3n) is 2.85. The Bertz CT molecular complexity index is 651. The van der Waals surface area contributed by atoms with E-state index in [2.05, 4.69) is 25.6 Å². The van der Waals surface area contributed by atoms with Crippen molar-refractivity contribution in [1.82, 2.24) is 14.1 Å². The first-order valence-electron chi connectivity index (χ1n) is 5.89. The zero-order valence-electron chi connectivity index (χ0n) is 10.1. The van der Waals surface area contributed by atoms with Crippen LogP contribution in [0.25, 0.3) is 11.0 Å². The average molecular weight is 294 g/mol. The lowest BCUT2D eigenvalue weighted by atomic mass is 10.2. The molecular weight excluding hydrogens is 282 g/mol. The Morgan fingerprint density at radius 3 is 3.11 bits per heavy atom. The monoisotopic (exact) mass is 293 g/mol. The fourth-order valence-corrected chi connectivity index (χ4v) is 2.84. The summed E-state index contributed by atoms with van der Waals surface area (Å²) in [6, 6.07) is 3.72. The number of nitrogens with zero attached hydrogens (tertiary/aromatic N) is 4. The summed E-state index contributed by atoms with van der Waals surface area (Å²) in [5.41, 5.74) is 2.48. The maximum absolute atomic E-state index is 6.35. The van der Waals surface area contributed by atoms with Crippen molar-refractivity contribution in [3.63, 3.8) is 0 Å². The minimum absolute atomic E-state index is 0.613. The van der Waals surface area contributed by atoms with Gasteiger partial charge in [-0.3, -0.25) is 4.99 Å². The number of rotatable bonds is 3. The van der Waals surface area contributed by atoms with Gasteiger partial charge in [0.1, 0.15) is 11.0 Å². The quantitative estimate of drug-likeness (QED) is 0.882. The maximum Gasteiger partial charge on any atom is 0.199 e. The molecular formula is C12H12ClN5S. The van der Waals surface area contributed by atoms with E-state index in [4.69, 9.17) is 11.6 Å². The molecule has 0 saturated heterocycles. The Balaban J connectivity index is 2.15. The highest BCUT2D eigenvalue weighted by Crippen LogP contribution is 2.33. The predicted octanol–water partition coefficient (Wildman–Crippen LogP) is 2.30. The number of anilines is 1. The minimum Gasteiger partial charge on any atom is -0.354 e. The zero-order valence-corrected chi connectivity index (χ0v) is 11.7. The number of aliphatic imine (C=N–C) groups is 1. The summed E-state index contributed by atoms with van der Waals surface area (Å²) in [7, 11) is 0. The Kier molecular flexibility index (Phi) is 3.35. The second-order valence-corrected chi connectivity index (χ2v) is 4.99. The van der Waals surface area contributed by atoms with Crippen LogP contribution in [0.5, 0.6) is 0 Å². The van der Waals surface area contributed by atoms with Crippen LogP contribution in [0.3, 0.4) is 0 Å². The van der Waals surface area contributed by atoms with Crippen molar-refractivity contribution in [2.24, 2.45) is 4.99 Å². The molecule has 0 spiro atoms. The van der Waals surface area contributed by atoms with Crippen molar-refractivity contribution in [2.75, 3.05) is 24.5 Å². The summed E-state index contributed by atoms with van der Waals surface area (Å²) in [6.07, 6.45) is 1.82. The average Bonchev–Trinajstić information content (AvgIpc) is 3.07. The molecule has 0 radical (unpaired) electrons. The number of hydrogen-bond acceptors (Lipinski definition) is 6. The number of aromatic nitrogens is 2. The van der Waals surface area contributed by atoms with Gasteiger partial charge in [0.15, 0.2) is 5.96 Å². The fraction of sp³-hybridized carbons (Fsp3) is 0.250. The van der Waals surface area contributed by atoms with Gasteiger partial charge in [-0.25, -0.2) is 0 Å². The van der Waals surface area contributed by atoms with E-state index in [9.17, 15) is 0 Å². The predicted molar refractivity (Wildman–Crippen MR) is 80.3 cm³/mol. The van der Waals surface area contributed by atoms with E-state index < -0.39 is 0 Å². The van der Waals surface area contributed by atoms with E-state index in [0.717, 1.165) is 35.8 Å². The Labute approximate surface area is 119 Å². The molecule has 0 saturated carbocycles. The van der Waals surface area contributed by atoms with Crippen LogP contribution >= 0.6 is 23.3 Å². The smallest absolute Gasteiger partial charge is 0.199 e. The zero-order chi connectivity index (χ0) is 13.2. The third kappa shape index (κ3) is 2.17. The summed E-state index contributed by atoms with van der Waals surface area (Å²) in [6.45, 7) is 6.02. The van der Waals surface area contributed by atoms with Crippen molar-refractivity contribution < 1.29 is 0 Å². The van der Waals surface area contributed by atoms with Crippen LogP contribution in [0.4, 0.5) is 5.69 Å². The summed E-state index contributed by atoms with van der Waals surface area (Å²) in [5, 5.41) is 3.89. The van der Waals surface area contributed by atoms with Gasteiger partial charge in [0, 0.05) is 13.1 Å². The molecule has 7 heteroatoms. The van der Waals surface area contributed by atoms with E-state index in [1.54, 1.807) is 0 Å². The van der Waals surface area contributed by atoms with Gasteiger partial charge < -0.3 is 10.2 Å². The molecule has 1 aliphatic heterocycles. The number of hydrogen-bond donors (Lipinski definition) is 1. The van der Waals surface area contributed by atoms with Crippen molar-refractivity contribution in [2.45, 2.75) is 0 Å². The molecule has 98 valence electrons. The highest BCUT2D eigenvalue weighted by Gasteiger charge is 2.21. The number of halogens is 1. The topological polar surface area (TPSA) is 53.4 Å². The van der Waals surface area contributed by atoms with Crippen LogP contribution in [0.15, 0.2) is 29.8 Å². The van der Waals surface area contributed by atoms with Gasteiger partial charge in [0.2, 0.25) is 0 Å². The molecule has 1 aliphatic rings. The van der Waals surface area contributed by atoms with E-state index in [-0.39, 0.29) is 0 Å². The van der Waals surface area contributed by atoms with Crippen molar-refractivity contribution in [3.05, 3.63) is 29.8 Å². The van der Waals surface area contributed by atoms with Gasteiger partial charge in [-0.05, 0) is 12.1 Å². The second-order valence-electron chi connectivity index (χ2n) is 4.06. The molecule has 1 N–H and O–H groups in total. The summed E-state index contributed by atoms with van der Waals surface area (Å²) < 4.78 is 8.59. The number of guanidine groups is 1. The largest absolute Gasteiger partial charge is 0.354 e. The highest BCUT2D eigenvalue weighted by atomic mass is 35.5. The first-order valence-corrected chi connectivity index (χ1v) is 6.99. The van der Waals surface area contributed by atoms with E-state index >= 15 is 0 Å². The van der Waals surface area contributed by atoms with E-state index in [1.165, 1.54) is 11.7 Å². The molecule has 1 aromatic heterocycles. The van der Waals surface area contributed by atoms with Gasteiger partial charge in [-0.1, -0.05) is 17.7 Å². The van der Waals surface area contributed by atoms with Gasteiger partial charge >= 0.3 is 0 Å². The highest BCUT2D eigenvalue weighted by molar-refractivity contribution is 7.00. The first-order chi connectivity index (χ1) is 9.31. The number of benzene rings is 1. The molecule has 0 atom stereocenters. The summed E-state index contributed by atoms with van der Waals surface area (Å²) in [5.74, 6) is 0.808. The number of nitrogens with one attached hydrogen (secondary N) is 1. The van der Waals surface area contributed by atoms with Crippen molar-refractivity contribution >= 4 is 46.0 Å². The Hall–Kier alpha value is -1.66. The molecule has 19 heavy (non-hydrogen) atoms. The molecule has 2 aromatic rings. The first kappa shape index (κ1) is 12.4. The molecule has 3 rings (SSSR count). The van der Waals surface area contributed by atoms with Crippen LogP contribution < -0.4 is 10.2 Å². The number of fused-ring (bicyclic) bond motifs is 1. The van der Waals surface area contributed by atoms with Gasteiger partial charge in [-0.2, -0.15) is 8.75 Å². The Morgan fingerprint density at radius 2 is 2.37 bits per heavy atom. The van der Waals surface area contributed by atoms with Gasteiger partial charge in [0.05, 0.1) is 29.0 Å². The van der Waals surface area contributed by atoms with Crippen LogP contribution in [0.2, 0.25) is 5.02 Å². The SMILES string of the molecule is C=CCN(C1=NCCN1)c1c(Cl)ccc2nsnc12. The fourth-order valence-electron chi connectivity index (χ4n) is 2.05. The molecule has 0 unspecified atom stereocenters. The lowest BCUT2D eigenvalue weighted by Crippen LogP contribution is -2.39. The lowest BCUT2D eigenvalue weighted by Gasteiger charge is -2.24. The van der Waals surface area contributed by atoms with Crippen LogP contribution in [0, 0.1) is 0 Å². The van der Waals surface area contributed by atoms with Crippen LogP contribution in [0.1, 0.15) is 0 Å². The molecule has 0 amide bonds.